The number of hydrogen-bond acceptors (Lipinski definition) is 4. The van der Waals surface area contributed by atoms with Crippen molar-refractivity contribution in [2.24, 2.45) is 5.41 Å². The molecule has 1 aromatic carbocycles. The van der Waals surface area contributed by atoms with E-state index >= 15 is 0 Å². The number of carbonyl (C=O) groups excluding carboxylic acids is 2. The molecule has 0 saturated heterocycles. The van der Waals surface area contributed by atoms with Gasteiger partial charge in [-0.3, -0.25) is 14.5 Å². The number of aromatic nitrogens is 2. The molecule has 2 aromatic rings. The van der Waals surface area contributed by atoms with E-state index in [0.29, 0.717) is 17.3 Å². The number of benzene rings is 1. The van der Waals surface area contributed by atoms with Gasteiger partial charge in [0.2, 0.25) is 5.91 Å². The summed E-state index contributed by atoms with van der Waals surface area (Å²) < 4.78 is 2.09. The quantitative estimate of drug-likeness (QED) is 0.801. The fourth-order valence-electron chi connectivity index (χ4n) is 3.51. The highest BCUT2D eigenvalue weighted by molar-refractivity contribution is 6.30. The van der Waals surface area contributed by atoms with E-state index in [4.69, 9.17) is 16.6 Å². The lowest BCUT2D eigenvalue weighted by Gasteiger charge is -2.30. The third kappa shape index (κ3) is 4.46. The third-order valence-electron chi connectivity index (χ3n) is 5.17. The first kappa shape index (κ1) is 21.3. The smallest absolute Gasteiger partial charge is 0.272 e. The number of halogens is 1. The van der Waals surface area contributed by atoms with Crippen molar-refractivity contribution in [1.29, 1.82) is 0 Å². The van der Waals surface area contributed by atoms with E-state index in [9.17, 15) is 9.59 Å². The maximum absolute atomic E-state index is 13.2. The molecular formula is C21H28ClN5O2. The minimum Gasteiger partial charge on any atom is -0.357 e. The standard InChI is InChI=1S/C21H28ClN5O2/c1-21(2,3)17(20(29)23-4)25-19(28)16-15-12-26(5)10-11-27(15)18(24-16)13-6-8-14(22)9-7-13/h6-9,17H,10-12H2,1-5H3,(H,23,29)(H,25,28). The first-order chi connectivity index (χ1) is 13.6. The molecule has 0 bridgehead atoms. The molecule has 2 amide bonds. The van der Waals surface area contributed by atoms with Gasteiger partial charge < -0.3 is 15.2 Å². The molecule has 1 atom stereocenters. The minimum atomic E-state index is -0.669. The highest BCUT2D eigenvalue weighted by atomic mass is 35.5. The van der Waals surface area contributed by atoms with Crippen LogP contribution in [0.5, 0.6) is 0 Å². The zero-order chi connectivity index (χ0) is 21.3. The summed E-state index contributed by atoms with van der Waals surface area (Å²) in [6.45, 7) is 7.98. The van der Waals surface area contributed by atoms with Gasteiger partial charge in [0, 0.05) is 37.3 Å². The lowest BCUT2D eigenvalue weighted by Crippen LogP contribution is -2.53. The minimum absolute atomic E-state index is 0.228. The van der Waals surface area contributed by atoms with Crippen molar-refractivity contribution < 1.29 is 9.59 Å². The predicted octanol–water partition coefficient (Wildman–Crippen LogP) is 2.54. The molecule has 1 aliphatic heterocycles. The molecule has 8 heteroatoms. The second-order valence-electron chi connectivity index (χ2n) is 8.51. The summed E-state index contributed by atoms with van der Waals surface area (Å²) >= 11 is 6.02. The molecule has 1 unspecified atom stereocenters. The van der Waals surface area contributed by atoms with E-state index in [2.05, 4.69) is 20.1 Å². The molecule has 0 aliphatic carbocycles. The monoisotopic (exact) mass is 417 g/mol. The van der Waals surface area contributed by atoms with Crippen molar-refractivity contribution in [3.05, 3.63) is 40.7 Å². The first-order valence-electron chi connectivity index (χ1n) is 9.68. The molecular weight excluding hydrogens is 390 g/mol. The maximum atomic E-state index is 13.2. The Labute approximate surface area is 176 Å². The van der Waals surface area contributed by atoms with Crippen LogP contribution in [0.1, 0.15) is 37.0 Å². The number of likely N-dealkylation sites (N-methyl/N-ethyl adjacent to an activating group) is 2. The summed E-state index contributed by atoms with van der Waals surface area (Å²) in [4.78, 5) is 32.4. The Balaban J connectivity index is 2.01. The van der Waals surface area contributed by atoms with Gasteiger partial charge in [-0.2, -0.15) is 0 Å². The van der Waals surface area contributed by atoms with Crippen LogP contribution in [-0.4, -0.2) is 52.9 Å². The SMILES string of the molecule is CNC(=O)C(NC(=O)c1nc(-c2ccc(Cl)cc2)n2c1CN(C)CC2)C(C)(C)C. The molecule has 0 radical (unpaired) electrons. The van der Waals surface area contributed by atoms with Gasteiger partial charge in [0.25, 0.3) is 5.91 Å². The Morgan fingerprint density at radius 1 is 1.17 bits per heavy atom. The van der Waals surface area contributed by atoms with Gasteiger partial charge in [-0.25, -0.2) is 4.98 Å². The average molecular weight is 418 g/mol. The highest BCUT2D eigenvalue weighted by Gasteiger charge is 2.34. The summed E-state index contributed by atoms with van der Waals surface area (Å²) in [6, 6.07) is 6.77. The topological polar surface area (TPSA) is 79.3 Å². The van der Waals surface area contributed by atoms with Gasteiger partial charge in [0.15, 0.2) is 5.69 Å². The zero-order valence-electron chi connectivity index (χ0n) is 17.5. The summed E-state index contributed by atoms with van der Waals surface area (Å²) in [6.07, 6.45) is 0. The van der Waals surface area contributed by atoms with Crippen LogP contribution in [0.3, 0.4) is 0 Å². The van der Waals surface area contributed by atoms with E-state index in [1.54, 1.807) is 7.05 Å². The van der Waals surface area contributed by atoms with E-state index in [1.165, 1.54) is 0 Å². The van der Waals surface area contributed by atoms with Crippen LogP contribution in [-0.2, 0) is 17.9 Å². The van der Waals surface area contributed by atoms with Crippen LogP contribution in [0.15, 0.2) is 24.3 Å². The Kier molecular flexibility index (Phi) is 6.00. The second kappa shape index (κ2) is 8.16. The van der Waals surface area contributed by atoms with Crippen molar-refractivity contribution in [3.63, 3.8) is 0 Å². The molecule has 3 rings (SSSR count). The average Bonchev–Trinajstić information content (AvgIpc) is 3.03. The number of fused-ring (bicyclic) bond motifs is 1. The summed E-state index contributed by atoms with van der Waals surface area (Å²) in [5.41, 5.74) is 1.68. The third-order valence-corrected chi connectivity index (χ3v) is 5.42. The molecule has 1 aliphatic rings. The number of imidazole rings is 1. The van der Waals surface area contributed by atoms with Crippen LogP contribution in [0.4, 0.5) is 0 Å². The zero-order valence-corrected chi connectivity index (χ0v) is 18.3. The second-order valence-corrected chi connectivity index (χ2v) is 8.95. The summed E-state index contributed by atoms with van der Waals surface area (Å²) in [5, 5.41) is 6.18. The molecule has 1 aromatic heterocycles. The molecule has 2 heterocycles. The van der Waals surface area contributed by atoms with Crippen LogP contribution < -0.4 is 10.6 Å². The maximum Gasteiger partial charge on any atom is 0.272 e. The van der Waals surface area contributed by atoms with E-state index in [1.807, 2.05) is 52.1 Å². The number of nitrogens with one attached hydrogen (secondary N) is 2. The van der Waals surface area contributed by atoms with Gasteiger partial charge >= 0.3 is 0 Å². The van der Waals surface area contributed by atoms with E-state index in [-0.39, 0.29) is 11.8 Å². The van der Waals surface area contributed by atoms with E-state index in [0.717, 1.165) is 30.2 Å². The molecule has 156 valence electrons. The number of carbonyl (C=O) groups is 2. The molecule has 0 fully saturated rings. The van der Waals surface area contributed by atoms with Gasteiger partial charge in [-0.05, 0) is 36.7 Å². The van der Waals surface area contributed by atoms with Crippen molar-refractivity contribution >= 4 is 23.4 Å². The Morgan fingerprint density at radius 3 is 2.41 bits per heavy atom. The van der Waals surface area contributed by atoms with Crippen molar-refractivity contribution in [2.75, 3.05) is 20.6 Å². The Morgan fingerprint density at radius 2 is 1.83 bits per heavy atom. The van der Waals surface area contributed by atoms with Gasteiger partial charge in [0.05, 0.1) is 5.69 Å². The predicted molar refractivity (Wildman–Crippen MR) is 114 cm³/mol. The van der Waals surface area contributed by atoms with Crippen LogP contribution >= 0.6 is 11.6 Å². The number of nitrogens with zero attached hydrogens (tertiary/aromatic N) is 3. The highest BCUT2D eigenvalue weighted by Crippen LogP contribution is 2.28. The fourth-order valence-corrected chi connectivity index (χ4v) is 3.64. The molecule has 0 spiro atoms. The Bertz CT molecular complexity index is 914. The van der Waals surface area contributed by atoms with Crippen LogP contribution in [0.25, 0.3) is 11.4 Å². The van der Waals surface area contributed by atoms with Crippen molar-refractivity contribution in [3.8, 4) is 11.4 Å². The first-order valence-corrected chi connectivity index (χ1v) is 10.1. The molecule has 7 nitrogen and oxygen atoms in total. The lowest BCUT2D eigenvalue weighted by molar-refractivity contribution is -0.124. The largest absolute Gasteiger partial charge is 0.357 e. The summed E-state index contributed by atoms with van der Waals surface area (Å²) in [5.74, 6) is 0.170. The van der Waals surface area contributed by atoms with Crippen molar-refractivity contribution in [1.82, 2.24) is 25.1 Å². The summed E-state index contributed by atoms with van der Waals surface area (Å²) in [7, 11) is 3.59. The van der Waals surface area contributed by atoms with Crippen molar-refractivity contribution in [2.45, 2.75) is 39.9 Å². The van der Waals surface area contributed by atoms with Crippen LogP contribution in [0.2, 0.25) is 5.02 Å². The number of amides is 2. The Hall–Kier alpha value is -2.38. The molecule has 2 N–H and O–H groups in total. The molecule has 29 heavy (non-hydrogen) atoms. The fraction of sp³-hybridized carbons (Fsp3) is 0.476. The van der Waals surface area contributed by atoms with E-state index < -0.39 is 11.5 Å². The van der Waals surface area contributed by atoms with Gasteiger partial charge in [-0.1, -0.05) is 32.4 Å². The number of hydrogen-bond donors (Lipinski definition) is 2. The van der Waals surface area contributed by atoms with Gasteiger partial charge in [0.1, 0.15) is 11.9 Å². The van der Waals surface area contributed by atoms with Crippen LogP contribution in [0, 0.1) is 5.41 Å². The van der Waals surface area contributed by atoms with Gasteiger partial charge in [-0.15, -0.1) is 0 Å². The number of rotatable bonds is 4. The normalized spacial score (nSPS) is 15.5. The lowest BCUT2D eigenvalue weighted by atomic mass is 9.86. The molecule has 0 saturated carbocycles.